The van der Waals surface area contributed by atoms with E-state index in [1.165, 1.54) is 5.56 Å². The Kier molecular flexibility index (Phi) is 4.69. The van der Waals surface area contributed by atoms with Gasteiger partial charge < -0.3 is 4.74 Å². The summed E-state index contributed by atoms with van der Waals surface area (Å²) in [4.78, 5) is 0. The number of nitrogens with one attached hydrogen (secondary N) is 1. The van der Waals surface area contributed by atoms with Crippen LogP contribution in [0.25, 0.3) is 0 Å². The van der Waals surface area contributed by atoms with Gasteiger partial charge in [-0.2, -0.15) is 5.10 Å². The number of nitrogens with zero attached hydrogens (tertiary/aromatic N) is 1. The molecular weight excluding hydrogens is 284 g/mol. The lowest BCUT2D eigenvalue weighted by atomic mass is 10.2. The van der Waals surface area contributed by atoms with Crippen molar-refractivity contribution in [3.8, 4) is 11.5 Å². The molecule has 3 nitrogen and oxygen atoms in total. The summed E-state index contributed by atoms with van der Waals surface area (Å²) in [6, 6.07) is 25.6. The minimum atomic E-state index is 0.773. The summed E-state index contributed by atoms with van der Waals surface area (Å²) in [5.74, 6) is 1.59. The van der Waals surface area contributed by atoms with Gasteiger partial charge >= 0.3 is 0 Å². The highest BCUT2D eigenvalue weighted by molar-refractivity contribution is 5.84. The first kappa shape index (κ1) is 14.9. The van der Waals surface area contributed by atoms with Gasteiger partial charge in [-0.25, -0.2) is 0 Å². The molecule has 0 amide bonds. The first-order valence-corrected chi connectivity index (χ1v) is 7.49. The molecule has 0 fully saturated rings. The molecule has 1 N–H and O–H groups in total. The molecule has 3 aromatic carbocycles. The maximum Gasteiger partial charge on any atom is 0.136 e. The van der Waals surface area contributed by atoms with E-state index in [2.05, 4.69) is 17.5 Å². The van der Waals surface area contributed by atoms with Crippen LogP contribution in [-0.2, 0) is 0 Å². The third-order valence-corrected chi connectivity index (χ3v) is 3.34. The monoisotopic (exact) mass is 302 g/mol. The van der Waals surface area contributed by atoms with Crippen LogP contribution in [0.15, 0.2) is 84.0 Å². The molecular formula is C20H18N2O. The van der Waals surface area contributed by atoms with Gasteiger partial charge in [0.2, 0.25) is 0 Å². The van der Waals surface area contributed by atoms with Crippen molar-refractivity contribution in [2.45, 2.75) is 6.92 Å². The summed E-state index contributed by atoms with van der Waals surface area (Å²) in [6.45, 7) is 2.06. The summed E-state index contributed by atoms with van der Waals surface area (Å²) >= 11 is 0. The second-order valence-electron chi connectivity index (χ2n) is 5.19. The molecule has 0 aliphatic rings. The van der Waals surface area contributed by atoms with Gasteiger partial charge in [0.25, 0.3) is 0 Å². The summed E-state index contributed by atoms with van der Waals surface area (Å²) in [5, 5.41) is 4.27. The van der Waals surface area contributed by atoms with Crippen molar-refractivity contribution in [3.63, 3.8) is 0 Å². The number of rotatable bonds is 5. The fourth-order valence-electron chi connectivity index (χ4n) is 2.10. The molecule has 0 aromatic heterocycles. The predicted molar refractivity (Wildman–Crippen MR) is 95.4 cm³/mol. The van der Waals surface area contributed by atoms with E-state index < -0.39 is 0 Å². The molecule has 0 bridgehead atoms. The second kappa shape index (κ2) is 7.27. The third-order valence-electron chi connectivity index (χ3n) is 3.34. The van der Waals surface area contributed by atoms with Crippen LogP contribution in [0.2, 0.25) is 0 Å². The van der Waals surface area contributed by atoms with E-state index >= 15 is 0 Å². The van der Waals surface area contributed by atoms with E-state index in [1.54, 1.807) is 6.21 Å². The molecule has 0 saturated carbocycles. The van der Waals surface area contributed by atoms with Crippen molar-refractivity contribution in [1.82, 2.24) is 0 Å². The molecule has 0 radical (unpaired) electrons. The first-order chi connectivity index (χ1) is 11.3. The first-order valence-electron chi connectivity index (χ1n) is 7.49. The number of ether oxygens (including phenoxy) is 1. The van der Waals surface area contributed by atoms with E-state index in [0.717, 1.165) is 22.7 Å². The van der Waals surface area contributed by atoms with Gasteiger partial charge in [-0.1, -0.05) is 48.0 Å². The fourth-order valence-corrected chi connectivity index (χ4v) is 2.10. The number of benzene rings is 3. The molecule has 0 atom stereocenters. The van der Waals surface area contributed by atoms with Crippen molar-refractivity contribution in [2.24, 2.45) is 5.10 Å². The van der Waals surface area contributed by atoms with E-state index in [-0.39, 0.29) is 0 Å². The normalized spacial score (nSPS) is 10.7. The molecule has 0 aliphatic heterocycles. The van der Waals surface area contributed by atoms with Crippen LogP contribution < -0.4 is 10.2 Å². The van der Waals surface area contributed by atoms with Crippen LogP contribution in [0.5, 0.6) is 11.5 Å². The average Bonchev–Trinajstić information content (AvgIpc) is 2.59. The second-order valence-corrected chi connectivity index (χ2v) is 5.19. The number of aryl methyl sites for hydroxylation is 1. The molecule has 0 unspecified atom stereocenters. The van der Waals surface area contributed by atoms with Crippen molar-refractivity contribution >= 4 is 11.9 Å². The Balaban J connectivity index is 1.74. The number of hydrazone groups is 1. The molecule has 23 heavy (non-hydrogen) atoms. The average molecular weight is 302 g/mol. The van der Waals surface area contributed by atoms with Gasteiger partial charge in [0.15, 0.2) is 0 Å². The van der Waals surface area contributed by atoms with Crippen LogP contribution in [0.3, 0.4) is 0 Å². The standard InChI is InChI=1S/C20H18N2O/c1-16-11-13-19(14-12-16)23-20-10-6-5-7-17(20)15-21-22-18-8-3-2-4-9-18/h2-15,22H,1H3. The third kappa shape index (κ3) is 4.20. The lowest BCUT2D eigenvalue weighted by Crippen LogP contribution is -1.93. The predicted octanol–water partition coefficient (Wildman–Crippen LogP) is 5.23. The van der Waals surface area contributed by atoms with Gasteiger partial charge in [0.1, 0.15) is 11.5 Å². The number of para-hydroxylation sites is 2. The highest BCUT2D eigenvalue weighted by Crippen LogP contribution is 2.24. The molecule has 3 aromatic rings. The lowest BCUT2D eigenvalue weighted by Gasteiger charge is -2.08. The minimum Gasteiger partial charge on any atom is -0.457 e. The Bertz CT molecular complexity index is 780. The molecule has 0 saturated heterocycles. The lowest BCUT2D eigenvalue weighted by molar-refractivity contribution is 0.482. The minimum absolute atomic E-state index is 0.773. The zero-order valence-electron chi connectivity index (χ0n) is 12.9. The van der Waals surface area contributed by atoms with Crippen LogP contribution in [-0.4, -0.2) is 6.21 Å². The van der Waals surface area contributed by atoms with E-state index in [1.807, 2.05) is 78.9 Å². The smallest absolute Gasteiger partial charge is 0.136 e. The molecule has 114 valence electrons. The SMILES string of the molecule is Cc1ccc(Oc2ccccc2C=NNc2ccccc2)cc1. The molecule has 0 heterocycles. The summed E-state index contributed by atoms with van der Waals surface area (Å²) in [6.07, 6.45) is 1.76. The van der Waals surface area contributed by atoms with E-state index in [4.69, 9.17) is 4.74 Å². The van der Waals surface area contributed by atoms with Gasteiger partial charge in [0.05, 0.1) is 11.9 Å². The maximum absolute atomic E-state index is 5.95. The van der Waals surface area contributed by atoms with Gasteiger partial charge in [0, 0.05) is 5.56 Å². The van der Waals surface area contributed by atoms with Crippen molar-refractivity contribution in [2.75, 3.05) is 5.43 Å². The van der Waals surface area contributed by atoms with Gasteiger partial charge in [-0.15, -0.1) is 0 Å². The molecule has 0 spiro atoms. The highest BCUT2D eigenvalue weighted by Gasteiger charge is 2.02. The zero-order chi connectivity index (χ0) is 15.9. The zero-order valence-corrected chi connectivity index (χ0v) is 12.9. The van der Waals surface area contributed by atoms with Crippen molar-refractivity contribution in [1.29, 1.82) is 0 Å². The molecule has 3 rings (SSSR count). The Morgan fingerprint density at radius 1 is 0.826 bits per heavy atom. The Morgan fingerprint density at radius 2 is 1.52 bits per heavy atom. The highest BCUT2D eigenvalue weighted by atomic mass is 16.5. The molecule has 3 heteroatoms. The van der Waals surface area contributed by atoms with Crippen molar-refractivity contribution in [3.05, 3.63) is 90.0 Å². The topological polar surface area (TPSA) is 33.6 Å². The van der Waals surface area contributed by atoms with Crippen molar-refractivity contribution < 1.29 is 4.74 Å². The quantitative estimate of drug-likeness (QED) is 0.517. The summed E-state index contributed by atoms with van der Waals surface area (Å²) in [7, 11) is 0. The van der Waals surface area contributed by atoms with Crippen LogP contribution >= 0.6 is 0 Å². The molecule has 0 aliphatic carbocycles. The van der Waals surface area contributed by atoms with Gasteiger partial charge in [-0.3, -0.25) is 5.43 Å². The Hall–Kier alpha value is -3.07. The Morgan fingerprint density at radius 3 is 2.30 bits per heavy atom. The van der Waals surface area contributed by atoms with Crippen LogP contribution in [0.4, 0.5) is 5.69 Å². The number of hydrogen-bond acceptors (Lipinski definition) is 3. The number of hydrogen-bond donors (Lipinski definition) is 1. The number of anilines is 1. The van der Waals surface area contributed by atoms with E-state index in [9.17, 15) is 0 Å². The van der Waals surface area contributed by atoms with E-state index in [0.29, 0.717) is 0 Å². The summed E-state index contributed by atoms with van der Waals surface area (Å²) < 4.78 is 5.95. The largest absolute Gasteiger partial charge is 0.457 e. The Labute approximate surface area is 136 Å². The van der Waals surface area contributed by atoms with Crippen LogP contribution in [0.1, 0.15) is 11.1 Å². The van der Waals surface area contributed by atoms with Gasteiger partial charge in [-0.05, 0) is 43.3 Å². The fraction of sp³-hybridized carbons (Fsp3) is 0.0500. The summed E-state index contributed by atoms with van der Waals surface area (Å²) in [5.41, 5.74) is 6.07. The maximum atomic E-state index is 5.95. The van der Waals surface area contributed by atoms with Crippen LogP contribution in [0, 0.1) is 6.92 Å².